The molecule has 0 aliphatic carbocycles. The minimum atomic E-state index is 0.381. The second-order valence-corrected chi connectivity index (χ2v) is 8.41. The van der Waals surface area contributed by atoms with Crippen molar-refractivity contribution in [3.63, 3.8) is 0 Å². The summed E-state index contributed by atoms with van der Waals surface area (Å²) >= 11 is 0. The fourth-order valence-corrected chi connectivity index (χ4v) is 5.60. The molecule has 6 rings (SSSR count). The molecule has 0 amide bonds. The van der Waals surface area contributed by atoms with E-state index in [-0.39, 0.29) is 0 Å². The predicted octanol–water partition coefficient (Wildman–Crippen LogP) is 3.28. The van der Waals surface area contributed by atoms with E-state index in [1.165, 1.54) is 43.7 Å². The molecule has 0 unspecified atom stereocenters. The lowest BCUT2D eigenvalue weighted by Crippen LogP contribution is -2.70. The molecule has 0 radical (unpaired) electrons. The lowest BCUT2D eigenvalue weighted by molar-refractivity contribution is -0.195. The van der Waals surface area contributed by atoms with E-state index >= 15 is 0 Å². The van der Waals surface area contributed by atoms with Crippen LogP contribution >= 0.6 is 0 Å². The Bertz CT molecular complexity index is 717. The van der Waals surface area contributed by atoms with Gasteiger partial charge in [-0.1, -0.05) is 38.1 Å². The van der Waals surface area contributed by atoms with Gasteiger partial charge in [0.1, 0.15) is 6.17 Å². The number of para-hydroxylation sites is 1. The third-order valence-electron chi connectivity index (χ3n) is 5.77. The third-order valence-corrected chi connectivity index (χ3v) is 5.77. The van der Waals surface area contributed by atoms with Crippen LogP contribution in [0.4, 0.5) is 0 Å². The van der Waals surface area contributed by atoms with Crippen molar-refractivity contribution in [3.8, 4) is 0 Å². The molecule has 2 aromatic rings. The van der Waals surface area contributed by atoms with E-state index in [2.05, 4.69) is 60.0 Å². The number of benzene rings is 1. The van der Waals surface area contributed by atoms with Gasteiger partial charge in [0.15, 0.2) is 0 Å². The summed E-state index contributed by atoms with van der Waals surface area (Å²) in [5, 5.41) is 1.24. The molecule has 3 nitrogen and oxygen atoms in total. The molecular weight excluding hydrogens is 270 g/mol. The van der Waals surface area contributed by atoms with Gasteiger partial charge >= 0.3 is 0 Å². The van der Waals surface area contributed by atoms with Gasteiger partial charge < -0.3 is 0 Å². The van der Waals surface area contributed by atoms with Crippen LogP contribution in [0.1, 0.15) is 32.1 Å². The number of hydrogen-bond donors (Lipinski definition) is 0. The number of nitrogens with zero attached hydrogens (tertiary/aromatic N) is 3. The summed E-state index contributed by atoms with van der Waals surface area (Å²) in [5.74, 6) is 0. The quantitative estimate of drug-likeness (QED) is 0.804. The molecule has 0 N–H and O–H groups in total. The maximum atomic E-state index is 4.98. The van der Waals surface area contributed by atoms with Crippen molar-refractivity contribution in [2.24, 2.45) is 10.8 Å². The van der Waals surface area contributed by atoms with Gasteiger partial charge in [-0.25, -0.2) is 4.98 Å². The number of aromatic nitrogens is 1. The first-order chi connectivity index (χ1) is 10.5. The molecule has 4 aliphatic heterocycles. The highest BCUT2D eigenvalue weighted by Crippen LogP contribution is 2.53. The van der Waals surface area contributed by atoms with Crippen molar-refractivity contribution in [2.45, 2.75) is 26.4 Å². The summed E-state index contributed by atoms with van der Waals surface area (Å²) in [6.45, 7) is 9.81. The minimum Gasteiger partial charge on any atom is -0.282 e. The van der Waals surface area contributed by atoms with Crippen LogP contribution in [0.3, 0.4) is 0 Å². The summed E-state index contributed by atoms with van der Waals surface area (Å²) in [6, 6.07) is 12.9. The average Bonchev–Trinajstić information content (AvgIpc) is 2.43. The number of fused-ring (bicyclic) bond motifs is 1. The van der Waals surface area contributed by atoms with E-state index in [0.29, 0.717) is 17.0 Å². The number of pyridine rings is 1. The molecule has 0 saturated carbocycles. The number of piperidine rings is 2. The van der Waals surface area contributed by atoms with Crippen LogP contribution in [0, 0.1) is 10.8 Å². The first-order valence-electron chi connectivity index (χ1n) is 8.38. The van der Waals surface area contributed by atoms with E-state index in [1.54, 1.807) is 0 Å². The molecule has 4 aliphatic rings. The molecule has 1 aromatic heterocycles. The second-order valence-electron chi connectivity index (χ2n) is 8.41. The highest BCUT2D eigenvalue weighted by Gasteiger charge is 2.56. The summed E-state index contributed by atoms with van der Waals surface area (Å²) in [5.41, 5.74) is 3.29. The zero-order valence-corrected chi connectivity index (χ0v) is 13.4. The minimum absolute atomic E-state index is 0.381. The van der Waals surface area contributed by atoms with Gasteiger partial charge in [0.2, 0.25) is 0 Å². The molecule has 5 heterocycles. The monoisotopic (exact) mass is 293 g/mol. The van der Waals surface area contributed by atoms with Crippen molar-refractivity contribution in [2.75, 3.05) is 26.2 Å². The van der Waals surface area contributed by atoms with Crippen LogP contribution in [0.25, 0.3) is 10.9 Å². The van der Waals surface area contributed by atoms with E-state index in [9.17, 15) is 0 Å². The summed E-state index contributed by atoms with van der Waals surface area (Å²) in [4.78, 5) is 10.3. The molecule has 1 aromatic carbocycles. The lowest BCUT2D eigenvalue weighted by atomic mass is 9.63. The SMILES string of the molecule is CC12CN3CC(C)(CN(C1)C3c1ccc3ccccc3n1)C2. The highest BCUT2D eigenvalue weighted by molar-refractivity contribution is 5.78. The maximum Gasteiger partial charge on any atom is 0.106 e. The van der Waals surface area contributed by atoms with Crippen molar-refractivity contribution in [1.29, 1.82) is 0 Å². The zero-order valence-electron chi connectivity index (χ0n) is 13.4. The van der Waals surface area contributed by atoms with Gasteiger partial charge in [-0.15, -0.1) is 0 Å². The molecule has 3 heteroatoms. The van der Waals surface area contributed by atoms with E-state index in [0.717, 1.165) is 5.52 Å². The Hall–Kier alpha value is -1.45. The van der Waals surface area contributed by atoms with Crippen molar-refractivity contribution < 1.29 is 0 Å². The number of hydrogen-bond acceptors (Lipinski definition) is 3. The van der Waals surface area contributed by atoms with Crippen LogP contribution in [0.15, 0.2) is 36.4 Å². The van der Waals surface area contributed by atoms with Gasteiger partial charge in [0, 0.05) is 31.6 Å². The van der Waals surface area contributed by atoms with E-state index < -0.39 is 0 Å². The van der Waals surface area contributed by atoms with Crippen LogP contribution in [-0.2, 0) is 0 Å². The normalized spacial score (nSPS) is 42.9. The third kappa shape index (κ3) is 1.79. The highest BCUT2D eigenvalue weighted by atomic mass is 15.4. The molecule has 4 fully saturated rings. The van der Waals surface area contributed by atoms with Crippen molar-refractivity contribution >= 4 is 10.9 Å². The Labute approximate surface area is 131 Å². The second kappa shape index (κ2) is 4.09. The molecule has 0 spiro atoms. The maximum absolute atomic E-state index is 4.98. The first-order valence-corrected chi connectivity index (χ1v) is 8.38. The Kier molecular flexibility index (Phi) is 2.42. The number of rotatable bonds is 1. The molecule has 0 atom stereocenters. The Balaban J connectivity index is 1.58. The summed E-state index contributed by atoms with van der Waals surface area (Å²) < 4.78 is 0. The first kappa shape index (κ1) is 13.0. The topological polar surface area (TPSA) is 19.4 Å². The molecular formula is C19H23N3. The Morgan fingerprint density at radius 1 is 0.909 bits per heavy atom. The average molecular weight is 293 g/mol. The van der Waals surface area contributed by atoms with Crippen LogP contribution in [0.5, 0.6) is 0 Å². The molecule has 22 heavy (non-hydrogen) atoms. The standard InChI is InChI=1S/C19H23N3/c1-18-9-19(2)12-21(10-18)17(22(11-18)13-19)16-8-7-14-5-3-4-6-15(14)20-16/h3-8,17H,9-13H2,1-2H3. The summed E-state index contributed by atoms with van der Waals surface area (Å²) in [6.07, 6.45) is 1.76. The molecule has 114 valence electrons. The molecule has 4 bridgehead atoms. The van der Waals surface area contributed by atoms with E-state index in [1.807, 2.05) is 0 Å². The van der Waals surface area contributed by atoms with Crippen LogP contribution in [-0.4, -0.2) is 41.0 Å². The summed E-state index contributed by atoms with van der Waals surface area (Å²) in [7, 11) is 0. The van der Waals surface area contributed by atoms with Crippen molar-refractivity contribution in [1.82, 2.24) is 14.8 Å². The Morgan fingerprint density at radius 3 is 2.23 bits per heavy atom. The fourth-order valence-electron chi connectivity index (χ4n) is 5.60. The van der Waals surface area contributed by atoms with Gasteiger partial charge in [-0.05, 0) is 29.4 Å². The smallest absolute Gasteiger partial charge is 0.106 e. The van der Waals surface area contributed by atoms with Crippen LogP contribution < -0.4 is 0 Å². The van der Waals surface area contributed by atoms with Gasteiger partial charge in [0.05, 0.1) is 11.2 Å². The fraction of sp³-hybridized carbons (Fsp3) is 0.526. The van der Waals surface area contributed by atoms with Crippen LogP contribution in [0.2, 0.25) is 0 Å². The van der Waals surface area contributed by atoms with Gasteiger partial charge in [0.25, 0.3) is 0 Å². The van der Waals surface area contributed by atoms with Crippen molar-refractivity contribution in [3.05, 3.63) is 42.1 Å². The largest absolute Gasteiger partial charge is 0.282 e. The zero-order chi connectivity index (χ0) is 14.9. The Morgan fingerprint density at radius 2 is 1.55 bits per heavy atom. The lowest BCUT2D eigenvalue weighted by Gasteiger charge is -2.65. The molecule has 4 saturated heterocycles. The van der Waals surface area contributed by atoms with E-state index in [4.69, 9.17) is 4.98 Å². The predicted molar refractivity (Wildman–Crippen MR) is 88.5 cm³/mol. The van der Waals surface area contributed by atoms with Gasteiger partial charge in [-0.3, -0.25) is 9.80 Å². The van der Waals surface area contributed by atoms with Gasteiger partial charge in [-0.2, -0.15) is 0 Å².